The Morgan fingerprint density at radius 1 is 1.40 bits per heavy atom. The SMILES string of the molecule is CC1(C)OC2C(C#N)COC(OP)C2O1. The maximum atomic E-state index is 8.96. The van der Waals surface area contributed by atoms with Crippen molar-refractivity contribution in [3.63, 3.8) is 0 Å². The van der Waals surface area contributed by atoms with Gasteiger partial charge in [-0.3, -0.25) is 0 Å². The zero-order valence-electron chi connectivity index (χ0n) is 8.67. The minimum atomic E-state index is -0.681. The third-order valence-electron chi connectivity index (χ3n) is 2.57. The fourth-order valence-electron chi connectivity index (χ4n) is 1.95. The lowest BCUT2D eigenvalue weighted by Crippen LogP contribution is -2.48. The molecule has 0 aromatic rings. The van der Waals surface area contributed by atoms with Crippen molar-refractivity contribution in [1.29, 1.82) is 5.26 Å². The molecule has 0 N–H and O–H groups in total. The van der Waals surface area contributed by atoms with Crippen molar-refractivity contribution in [2.45, 2.75) is 38.1 Å². The summed E-state index contributed by atoms with van der Waals surface area (Å²) in [5.74, 6) is -0.979. The highest BCUT2D eigenvalue weighted by molar-refractivity contribution is 7.09. The van der Waals surface area contributed by atoms with E-state index in [0.717, 1.165) is 0 Å². The third-order valence-corrected chi connectivity index (χ3v) is 2.84. The number of hydrogen-bond donors (Lipinski definition) is 0. The minimum Gasteiger partial charge on any atom is -0.348 e. The largest absolute Gasteiger partial charge is 0.348 e. The molecule has 2 aliphatic heterocycles. The standard InChI is InChI=1S/C9H14NO4P/c1-9(2)12-6-5(3-10)4-11-8(14-15)7(6)13-9/h5-8H,4,15H2,1-2H3. The highest BCUT2D eigenvalue weighted by Crippen LogP contribution is 2.38. The second-order valence-corrected chi connectivity index (χ2v) is 4.41. The first kappa shape index (κ1) is 11.3. The van der Waals surface area contributed by atoms with Crippen LogP contribution in [0.25, 0.3) is 0 Å². The lowest BCUT2D eigenvalue weighted by atomic mass is 9.97. The highest BCUT2D eigenvalue weighted by Gasteiger charge is 2.52. The maximum Gasteiger partial charge on any atom is 0.189 e. The van der Waals surface area contributed by atoms with Crippen molar-refractivity contribution in [2.24, 2.45) is 5.92 Å². The molecule has 0 aliphatic carbocycles. The van der Waals surface area contributed by atoms with Crippen molar-refractivity contribution >= 4 is 9.47 Å². The molecule has 0 aromatic heterocycles. The van der Waals surface area contributed by atoms with Crippen LogP contribution in [0.1, 0.15) is 13.8 Å². The number of nitrogens with zero attached hydrogens (tertiary/aromatic N) is 1. The van der Waals surface area contributed by atoms with E-state index in [1.165, 1.54) is 0 Å². The molecule has 0 aromatic carbocycles. The van der Waals surface area contributed by atoms with Gasteiger partial charge in [0.05, 0.1) is 18.6 Å². The van der Waals surface area contributed by atoms with Crippen molar-refractivity contribution in [3.8, 4) is 6.07 Å². The van der Waals surface area contributed by atoms with Crippen LogP contribution in [0.2, 0.25) is 0 Å². The van der Waals surface area contributed by atoms with Gasteiger partial charge in [0, 0.05) is 9.47 Å². The minimum absolute atomic E-state index is 0.274. The molecule has 0 spiro atoms. The van der Waals surface area contributed by atoms with E-state index in [0.29, 0.717) is 6.61 Å². The predicted octanol–water partition coefficient (Wildman–Crippen LogP) is 0.809. The summed E-state index contributed by atoms with van der Waals surface area (Å²) in [6.07, 6.45) is -1.09. The number of nitriles is 1. The smallest absolute Gasteiger partial charge is 0.189 e. The normalized spacial score (nSPS) is 43.3. The van der Waals surface area contributed by atoms with E-state index < -0.39 is 12.1 Å². The Bertz CT molecular complexity index is 290. The Labute approximate surface area is 90.9 Å². The van der Waals surface area contributed by atoms with Crippen molar-refractivity contribution in [1.82, 2.24) is 0 Å². The quantitative estimate of drug-likeness (QED) is 0.625. The number of fused-ring (bicyclic) bond motifs is 1. The van der Waals surface area contributed by atoms with Crippen LogP contribution in [0.15, 0.2) is 0 Å². The number of rotatable bonds is 1. The molecule has 0 radical (unpaired) electrons. The van der Waals surface area contributed by atoms with Gasteiger partial charge in [-0.2, -0.15) is 5.26 Å². The van der Waals surface area contributed by atoms with E-state index in [-0.39, 0.29) is 18.1 Å². The van der Waals surface area contributed by atoms with Gasteiger partial charge < -0.3 is 18.7 Å². The Kier molecular flexibility index (Phi) is 2.98. The first-order valence-corrected chi connectivity index (χ1v) is 5.27. The molecular weight excluding hydrogens is 217 g/mol. The van der Waals surface area contributed by atoms with Crippen molar-refractivity contribution in [2.75, 3.05) is 6.61 Å². The van der Waals surface area contributed by atoms with Crippen LogP contribution in [0.4, 0.5) is 0 Å². The molecule has 2 saturated heterocycles. The van der Waals surface area contributed by atoms with E-state index in [2.05, 4.69) is 15.5 Å². The summed E-state index contributed by atoms with van der Waals surface area (Å²) < 4.78 is 21.8. The molecule has 2 heterocycles. The van der Waals surface area contributed by atoms with Gasteiger partial charge in [0.25, 0.3) is 0 Å². The van der Waals surface area contributed by atoms with Gasteiger partial charge in [-0.05, 0) is 13.8 Å². The van der Waals surface area contributed by atoms with E-state index in [4.69, 9.17) is 24.0 Å². The molecular formula is C9H14NO4P. The van der Waals surface area contributed by atoms with Gasteiger partial charge in [-0.25, -0.2) is 0 Å². The molecule has 0 saturated carbocycles. The molecule has 6 heteroatoms. The van der Waals surface area contributed by atoms with Crippen LogP contribution in [-0.4, -0.2) is 30.9 Å². The van der Waals surface area contributed by atoms with Crippen LogP contribution in [0.3, 0.4) is 0 Å². The predicted molar refractivity (Wildman–Crippen MR) is 53.5 cm³/mol. The molecule has 5 nitrogen and oxygen atoms in total. The van der Waals surface area contributed by atoms with Gasteiger partial charge in [-0.15, -0.1) is 0 Å². The summed E-state index contributed by atoms with van der Waals surface area (Å²) in [6, 6.07) is 2.17. The average Bonchev–Trinajstić information content (AvgIpc) is 2.51. The van der Waals surface area contributed by atoms with Crippen LogP contribution in [-0.2, 0) is 18.7 Å². The topological polar surface area (TPSA) is 60.7 Å². The molecule has 5 atom stereocenters. The van der Waals surface area contributed by atoms with E-state index in [1.807, 2.05) is 13.8 Å². The zero-order valence-corrected chi connectivity index (χ0v) is 9.83. The van der Waals surface area contributed by atoms with Crippen LogP contribution >= 0.6 is 9.47 Å². The maximum absolute atomic E-state index is 8.96. The fraction of sp³-hybridized carbons (Fsp3) is 0.889. The van der Waals surface area contributed by atoms with Crippen LogP contribution in [0.5, 0.6) is 0 Å². The lowest BCUT2D eigenvalue weighted by Gasteiger charge is -2.32. The summed E-state index contributed by atoms with van der Waals surface area (Å²) in [5, 5.41) is 8.96. The molecule has 84 valence electrons. The van der Waals surface area contributed by atoms with Gasteiger partial charge in [-0.1, -0.05) is 0 Å². The molecule has 2 fully saturated rings. The van der Waals surface area contributed by atoms with E-state index in [9.17, 15) is 0 Å². The summed E-state index contributed by atoms with van der Waals surface area (Å²) in [5.41, 5.74) is 0. The summed E-state index contributed by atoms with van der Waals surface area (Å²) in [7, 11) is 2.15. The lowest BCUT2D eigenvalue weighted by molar-refractivity contribution is -0.195. The fourth-order valence-corrected chi connectivity index (χ4v) is 2.19. The Hall–Kier alpha value is -0.240. The third kappa shape index (κ3) is 2.01. The van der Waals surface area contributed by atoms with Gasteiger partial charge >= 0.3 is 0 Å². The van der Waals surface area contributed by atoms with Gasteiger partial charge in [0.15, 0.2) is 12.1 Å². The number of ether oxygens (including phenoxy) is 3. The summed E-state index contributed by atoms with van der Waals surface area (Å²) >= 11 is 0. The molecule has 2 rings (SSSR count). The Morgan fingerprint density at radius 2 is 2.07 bits per heavy atom. The molecule has 0 bridgehead atoms. The van der Waals surface area contributed by atoms with Gasteiger partial charge in [0.1, 0.15) is 12.2 Å². The molecule has 2 aliphatic rings. The monoisotopic (exact) mass is 231 g/mol. The van der Waals surface area contributed by atoms with Crippen molar-refractivity contribution < 1.29 is 18.7 Å². The molecule has 5 unspecified atom stereocenters. The summed E-state index contributed by atoms with van der Waals surface area (Å²) in [6.45, 7) is 3.95. The van der Waals surface area contributed by atoms with Crippen LogP contribution in [0, 0.1) is 17.2 Å². The first-order valence-electron chi connectivity index (χ1n) is 4.80. The number of hydrogen-bond acceptors (Lipinski definition) is 5. The van der Waals surface area contributed by atoms with E-state index >= 15 is 0 Å². The zero-order chi connectivity index (χ0) is 11.1. The molecule has 0 amide bonds. The van der Waals surface area contributed by atoms with Gasteiger partial charge in [0.2, 0.25) is 0 Å². The average molecular weight is 231 g/mol. The van der Waals surface area contributed by atoms with Crippen LogP contribution < -0.4 is 0 Å². The first-order chi connectivity index (χ1) is 7.07. The van der Waals surface area contributed by atoms with Crippen molar-refractivity contribution in [3.05, 3.63) is 0 Å². The summed E-state index contributed by atoms with van der Waals surface area (Å²) in [4.78, 5) is 0. The molecule has 15 heavy (non-hydrogen) atoms. The second-order valence-electron chi connectivity index (χ2n) is 4.14. The Balaban J connectivity index is 2.18. The van der Waals surface area contributed by atoms with E-state index in [1.54, 1.807) is 0 Å². The second kappa shape index (κ2) is 3.97. The Morgan fingerprint density at radius 3 is 2.67 bits per heavy atom. The highest BCUT2D eigenvalue weighted by atomic mass is 31.0.